The molecule has 18 heavy (non-hydrogen) atoms. The second-order valence-corrected chi connectivity index (χ2v) is 6.06. The quantitative estimate of drug-likeness (QED) is 0.850. The average Bonchev–Trinajstić information content (AvgIpc) is 2.73. The monoisotopic (exact) mass is 283 g/mol. The molecule has 98 valence electrons. The van der Waals surface area contributed by atoms with Crippen LogP contribution in [0.25, 0.3) is 10.2 Å². The van der Waals surface area contributed by atoms with Gasteiger partial charge in [0.1, 0.15) is 0 Å². The second-order valence-electron chi connectivity index (χ2n) is 4.62. The number of aromatic nitrogens is 1. The van der Waals surface area contributed by atoms with Crippen LogP contribution in [0.1, 0.15) is 12.0 Å². The van der Waals surface area contributed by atoms with Crippen LogP contribution >= 0.6 is 22.9 Å². The van der Waals surface area contributed by atoms with Crippen molar-refractivity contribution in [2.24, 2.45) is 0 Å². The van der Waals surface area contributed by atoms with Gasteiger partial charge < -0.3 is 10.2 Å². The molecule has 1 aromatic carbocycles. The van der Waals surface area contributed by atoms with Gasteiger partial charge in [-0.15, -0.1) is 0 Å². The van der Waals surface area contributed by atoms with Crippen molar-refractivity contribution in [1.82, 2.24) is 9.88 Å². The van der Waals surface area contributed by atoms with E-state index in [0.29, 0.717) is 0 Å². The highest BCUT2D eigenvalue weighted by molar-refractivity contribution is 7.22. The summed E-state index contributed by atoms with van der Waals surface area (Å²) in [6.07, 6.45) is 1.11. The molecule has 0 amide bonds. The molecule has 0 aliphatic carbocycles. The van der Waals surface area contributed by atoms with Crippen molar-refractivity contribution in [2.45, 2.75) is 13.3 Å². The number of halogens is 1. The van der Waals surface area contributed by atoms with E-state index in [4.69, 9.17) is 11.6 Å². The van der Waals surface area contributed by atoms with Crippen LogP contribution in [-0.2, 0) is 0 Å². The maximum atomic E-state index is 6.10. The fraction of sp³-hybridized carbons (Fsp3) is 0.462. The molecular formula is C13H18ClN3S. The van der Waals surface area contributed by atoms with Crippen LogP contribution in [-0.4, -0.2) is 37.1 Å². The second kappa shape index (κ2) is 5.87. The van der Waals surface area contributed by atoms with Gasteiger partial charge in [0.2, 0.25) is 0 Å². The van der Waals surface area contributed by atoms with Crippen LogP contribution in [0, 0.1) is 6.92 Å². The zero-order valence-corrected chi connectivity index (χ0v) is 12.5. The maximum Gasteiger partial charge on any atom is 0.183 e. The average molecular weight is 284 g/mol. The zero-order valence-electron chi connectivity index (χ0n) is 11.0. The number of aryl methyl sites for hydroxylation is 1. The minimum absolute atomic E-state index is 0.784. The zero-order chi connectivity index (χ0) is 13.1. The highest BCUT2D eigenvalue weighted by Gasteiger charge is 2.08. The van der Waals surface area contributed by atoms with E-state index in [0.717, 1.165) is 40.7 Å². The molecule has 1 heterocycles. The van der Waals surface area contributed by atoms with E-state index in [-0.39, 0.29) is 0 Å². The van der Waals surface area contributed by atoms with Crippen molar-refractivity contribution in [1.29, 1.82) is 0 Å². The predicted molar refractivity (Wildman–Crippen MR) is 81.0 cm³/mol. The first-order valence-corrected chi connectivity index (χ1v) is 7.21. The SMILES string of the molecule is Cc1c(Cl)ccc2sc(NCCCN(C)C)nc12. The molecular weight excluding hydrogens is 266 g/mol. The Bertz CT molecular complexity index is 536. The van der Waals surface area contributed by atoms with Crippen molar-refractivity contribution in [3.05, 3.63) is 22.7 Å². The molecule has 0 fully saturated rings. The topological polar surface area (TPSA) is 28.2 Å². The Morgan fingerprint density at radius 1 is 1.39 bits per heavy atom. The van der Waals surface area contributed by atoms with Gasteiger partial charge in [0.15, 0.2) is 5.13 Å². The van der Waals surface area contributed by atoms with Crippen LogP contribution in [0.5, 0.6) is 0 Å². The molecule has 0 bridgehead atoms. The lowest BCUT2D eigenvalue weighted by Crippen LogP contribution is -2.16. The third kappa shape index (κ3) is 3.13. The Labute approximate surface area is 117 Å². The van der Waals surface area contributed by atoms with E-state index in [1.54, 1.807) is 11.3 Å². The van der Waals surface area contributed by atoms with Crippen molar-refractivity contribution in [3.63, 3.8) is 0 Å². The first-order valence-electron chi connectivity index (χ1n) is 6.02. The summed E-state index contributed by atoms with van der Waals surface area (Å²) in [5.74, 6) is 0. The Morgan fingerprint density at radius 2 is 2.17 bits per heavy atom. The molecule has 1 N–H and O–H groups in total. The lowest BCUT2D eigenvalue weighted by atomic mass is 10.2. The van der Waals surface area contributed by atoms with Gasteiger partial charge >= 0.3 is 0 Å². The smallest absolute Gasteiger partial charge is 0.183 e. The predicted octanol–water partition coefficient (Wildman–Crippen LogP) is 3.62. The third-order valence-corrected chi connectivity index (χ3v) is 4.19. The molecule has 0 radical (unpaired) electrons. The van der Waals surface area contributed by atoms with Crippen molar-refractivity contribution in [2.75, 3.05) is 32.5 Å². The summed E-state index contributed by atoms with van der Waals surface area (Å²) in [5, 5.41) is 5.14. The Balaban J connectivity index is 2.04. The van der Waals surface area contributed by atoms with Gasteiger partial charge in [0, 0.05) is 11.6 Å². The number of anilines is 1. The van der Waals surface area contributed by atoms with Gasteiger partial charge in [-0.3, -0.25) is 0 Å². The van der Waals surface area contributed by atoms with Gasteiger partial charge in [0.25, 0.3) is 0 Å². The number of hydrogen-bond acceptors (Lipinski definition) is 4. The first-order chi connectivity index (χ1) is 8.58. The number of hydrogen-bond donors (Lipinski definition) is 1. The molecule has 2 aromatic rings. The van der Waals surface area contributed by atoms with Crippen molar-refractivity contribution in [3.8, 4) is 0 Å². The summed E-state index contributed by atoms with van der Waals surface area (Å²) in [6, 6.07) is 3.97. The van der Waals surface area contributed by atoms with E-state index in [2.05, 4.69) is 29.3 Å². The summed E-state index contributed by atoms with van der Waals surface area (Å²) < 4.78 is 1.19. The van der Waals surface area contributed by atoms with Gasteiger partial charge in [-0.25, -0.2) is 4.98 Å². The molecule has 0 unspecified atom stereocenters. The molecule has 0 saturated heterocycles. The van der Waals surface area contributed by atoms with Crippen LogP contribution < -0.4 is 5.32 Å². The molecule has 0 atom stereocenters. The van der Waals surface area contributed by atoms with Crippen LogP contribution in [0.3, 0.4) is 0 Å². The Hall–Kier alpha value is -0.840. The van der Waals surface area contributed by atoms with Crippen LogP contribution in [0.2, 0.25) is 5.02 Å². The molecule has 0 spiro atoms. The molecule has 1 aromatic heterocycles. The molecule has 0 saturated carbocycles. The molecule has 0 aliphatic heterocycles. The fourth-order valence-electron chi connectivity index (χ4n) is 1.77. The minimum Gasteiger partial charge on any atom is -0.361 e. The first kappa shape index (κ1) is 13.6. The number of rotatable bonds is 5. The van der Waals surface area contributed by atoms with Crippen molar-refractivity contribution < 1.29 is 0 Å². The van der Waals surface area contributed by atoms with Gasteiger partial charge in [0.05, 0.1) is 10.2 Å². The Morgan fingerprint density at radius 3 is 2.89 bits per heavy atom. The minimum atomic E-state index is 0.784. The number of nitrogens with zero attached hydrogens (tertiary/aromatic N) is 2. The fourth-order valence-corrected chi connectivity index (χ4v) is 2.87. The number of thiazole rings is 1. The highest BCUT2D eigenvalue weighted by Crippen LogP contribution is 2.31. The van der Waals surface area contributed by atoms with Crippen molar-refractivity contribution >= 4 is 38.3 Å². The van der Waals surface area contributed by atoms with E-state index in [1.807, 2.05) is 19.1 Å². The summed E-state index contributed by atoms with van der Waals surface area (Å²) in [6.45, 7) is 4.05. The number of fused-ring (bicyclic) bond motifs is 1. The van der Waals surface area contributed by atoms with E-state index >= 15 is 0 Å². The molecule has 5 heteroatoms. The highest BCUT2D eigenvalue weighted by atomic mass is 35.5. The Kier molecular flexibility index (Phi) is 4.43. The van der Waals surface area contributed by atoms with E-state index in [9.17, 15) is 0 Å². The number of benzene rings is 1. The third-order valence-electron chi connectivity index (χ3n) is 2.81. The number of nitrogens with one attached hydrogen (secondary N) is 1. The summed E-state index contributed by atoms with van der Waals surface area (Å²) >= 11 is 7.78. The normalized spacial score (nSPS) is 11.4. The standard InChI is InChI=1S/C13H18ClN3S/c1-9-10(14)5-6-11-12(9)16-13(18-11)15-7-4-8-17(2)3/h5-6H,4,7-8H2,1-3H3,(H,15,16). The summed E-state index contributed by atoms with van der Waals surface area (Å²) in [5.41, 5.74) is 2.08. The van der Waals surface area contributed by atoms with Gasteiger partial charge in [-0.05, 0) is 51.7 Å². The van der Waals surface area contributed by atoms with Crippen LogP contribution in [0.4, 0.5) is 5.13 Å². The van der Waals surface area contributed by atoms with E-state index < -0.39 is 0 Å². The lowest BCUT2D eigenvalue weighted by Gasteiger charge is -2.08. The molecule has 2 rings (SSSR count). The van der Waals surface area contributed by atoms with E-state index in [1.165, 1.54) is 4.70 Å². The molecule has 0 aliphatic rings. The molecule has 3 nitrogen and oxygen atoms in total. The largest absolute Gasteiger partial charge is 0.361 e. The summed E-state index contributed by atoms with van der Waals surface area (Å²) in [4.78, 5) is 6.78. The van der Waals surface area contributed by atoms with Crippen LogP contribution in [0.15, 0.2) is 12.1 Å². The summed E-state index contributed by atoms with van der Waals surface area (Å²) in [7, 11) is 4.17. The van der Waals surface area contributed by atoms with Gasteiger partial charge in [-0.1, -0.05) is 22.9 Å². The van der Waals surface area contributed by atoms with Gasteiger partial charge in [-0.2, -0.15) is 0 Å². The lowest BCUT2D eigenvalue weighted by molar-refractivity contribution is 0.405. The maximum absolute atomic E-state index is 6.10.